The molecule has 0 bridgehead atoms. The molecule has 6 heteroatoms. The summed E-state index contributed by atoms with van der Waals surface area (Å²) in [6.07, 6.45) is 0.489. The van der Waals surface area contributed by atoms with Gasteiger partial charge >= 0.3 is 0 Å². The third kappa shape index (κ3) is 3.69. The highest BCUT2D eigenvalue weighted by Gasteiger charge is 2.17. The fourth-order valence-corrected chi connectivity index (χ4v) is 1.70. The van der Waals surface area contributed by atoms with Crippen molar-refractivity contribution in [2.75, 3.05) is 13.2 Å². The molecule has 0 aliphatic heterocycles. The van der Waals surface area contributed by atoms with Gasteiger partial charge in [-0.05, 0) is 31.0 Å². The van der Waals surface area contributed by atoms with Gasteiger partial charge in [-0.1, -0.05) is 0 Å². The average Bonchev–Trinajstić information content (AvgIpc) is 2.32. The minimum Gasteiger partial charge on any atom is -0.396 e. The summed E-state index contributed by atoms with van der Waals surface area (Å²) in [4.78, 5) is 0. The van der Waals surface area contributed by atoms with Crippen LogP contribution in [0.2, 0.25) is 0 Å². The summed E-state index contributed by atoms with van der Waals surface area (Å²) >= 11 is 0. The van der Waals surface area contributed by atoms with E-state index in [2.05, 4.69) is 5.32 Å². The number of hydrogen-bond donors (Lipinski definition) is 3. The van der Waals surface area contributed by atoms with Crippen molar-refractivity contribution in [3.8, 4) is 0 Å². The van der Waals surface area contributed by atoms with Crippen LogP contribution in [0.1, 0.15) is 24.9 Å². The van der Waals surface area contributed by atoms with Gasteiger partial charge in [0.1, 0.15) is 0 Å². The van der Waals surface area contributed by atoms with Gasteiger partial charge in [0.05, 0.1) is 0 Å². The second-order valence-electron chi connectivity index (χ2n) is 4.17. The molecule has 2 unspecified atom stereocenters. The van der Waals surface area contributed by atoms with E-state index in [4.69, 9.17) is 10.8 Å². The Balaban J connectivity index is 2.88. The van der Waals surface area contributed by atoms with Gasteiger partial charge in [-0.2, -0.15) is 0 Å². The Kier molecular flexibility index (Phi) is 5.58. The van der Waals surface area contributed by atoms with Gasteiger partial charge in [-0.25, -0.2) is 13.2 Å². The Bertz CT molecular complexity index is 378. The molecule has 102 valence electrons. The summed E-state index contributed by atoms with van der Waals surface area (Å²) in [5.41, 5.74) is 5.77. The predicted molar refractivity (Wildman–Crippen MR) is 62.4 cm³/mol. The summed E-state index contributed by atoms with van der Waals surface area (Å²) < 4.78 is 39.0. The summed E-state index contributed by atoms with van der Waals surface area (Å²) in [6, 6.07) is 1.29. The molecule has 0 heterocycles. The molecular weight excluding hydrogens is 245 g/mol. The van der Waals surface area contributed by atoms with E-state index >= 15 is 0 Å². The van der Waals surface area contributed by atoms with E-state index in [9.17, 15) is 13.2 Å². The molecule has 0 fully saturated rings. The van der Waals surface area contributed by atoms with Gasteiger partial charge in [0.25, 0.3) is 0 Å². The average molecular weight is 262 g/mol. The molecule has 0 radical (unpaired) electrons. The summed E-state index contributed by atoms with van der Waals surface area (Å²) in [5.74, 6) is -3.96. The first-order valence-electron chi connectivity index (χ1n) is 5.71. The summed E-state index contributed by atoms with van der Waals surface area (Å²) in [7, 11) is 0. The monoisotopic (exact) mass is 262 g/mol. The second-order valence-corrected chi connectivity index (χ2v) is 4.17. The first kappa shape index (κ1) is 14.9. The normalized spacial score (nSPS) is 14.6. The minimum atomic E-state index is -1.49. The van der Waals surface area contributed by atoms with Gasteiger partial charge in [0, 0.05) is 25.2 Å². The minimum absolute atomic E-state index is 0.00238. The van der Waals surface area contributed by atoms with Crippen molar-refractivity contribution in [3.05, 3.63) is 35.1 Å². The van der Waals surface area contributed by atoms with Crippen LogP contribution in [0.3, 0.4) is 0 Å². The van der Waals surface area contributed by atoms with Crippen LogP contribution in [-0.2, 0) is 0 Å². The molecule has 1 aromatic rings. The van der Waals surface area contributed by atoms with Crippen molar-refractivity contribution in [2.45, 2.75) is 25.4 Å². The van der Waals surface area contributed by atoms with Crippen LogP contribution < -0.4 is 11.1 Å². The Morgan fingerprint density at radius 3 is 2.28 bits per heavy atom. The first-order chi connectivity index (χ1) is 8.49. The van der Waals surface area contributed by atoms with Crippen LogP contribution in [0.4, 0.5) is 13.2 Å². The first-order valence-corrected chi connectivity index (χ1v) is 5.71. The Morgan fingerprint density at radius 1 is 1.28 bits per heavy atom. The highest BCUT2D eigenvalue weighted by Crippen LogP contribution is 2.19. The van der Waals surface area contributed by atoms with Crippen LogP contribution in [-0.4, -0.2) is 24.3 Å². The molecule has 3 nitrogen and oxygen atoms in total. The fraction of sp³-hybridized carbons (Fsp3) is 0.500. The zero-order chi connectivity index (χ0) is 13.7. The van der Waals surface area contributed by atoms with Crippen LogP contribution in [0, 0.1) is 17.5 Å². The number of hydrogen-bond acceptors (Lipinski definition) is 3. The maximum atomic E-state index is 13.1. The lowest BCUT2D eigenvalue weighted by molar-refractivity contribution is 0.263. The van der Waals surface area contributed by atoms with Gasteiger partial charge in [-0.3, -0.25) is 0 Å². The summed E-state index contributed by atoms with van der Waals surface area (Å²) in [6.45, 7) is 1.92. The van der Waals surface area contributed by atoms with E-state index in [0.717, 1.165) is 12.1 Å². The van der Waals surface area contributed by atoms with Crippen molar-refractivity contribution in [1.29, 1.82) is 0 Å². The molecule has 4 N–H and O–H groups in total. The molecule has 0 spiro atoms. The molecule has 0 aromatic heterocycles. The van der Waals surface area contributed by atoms with Crippen molar-refractivity contribution in [3.63, 3.8) is 0 Å². The number of aliphatic hydroxyl groups excluding tert-OH is 1. The number of benzene rings is 1. The van der Waals surface area contributed by atoms with Crippen molar-refractivity contribution >= 4 is 0 Å². The molecule has 2 atom stereocenters. The van der Waals surface area contributed by atoms with Crippen molar-refractivity contribution in [2.24, 2.45) is 5.73 Å². The van der Waals surface area contributed by atoms with Crippen LogP contribution in [0.25, 0.3) is 0 Å². The van der Waals surface area contributed by atoms with Crippen molar-refractivity contribution < 1.29 is 18.3 Å². The highest BCUT2D eigenvalue weighted by molar-refractivity contribution is 5.23. The second kappa shape index (κ2) is 6.72. The topological polar surface area (TPSA) is 58.3 Å². The molecular formula is C12H17F3N2O. The summed E-state index contributed by atoms with van der Waals surface area (Å²) in [5, 5.41) is 11.8. The zero-order valence-corrected chi connectivity index (χ0v) is 10.1. The SMILES string of the molecule is CC(CCO)NC(CN)c1cc(F)c(F)c(F)c1. The molecule has 1 rings (SSSR count). The fourth-order valence-electron chi connectivity index (χ4n) is 1.70. The highest BCUT2D eigenvalue weighted by atomic mass is 19.2. The third-order valence-electron chi connectivity index (χ3n) is 2.69. The Labute approximate surface area is 104 Å². The van der Waals surface area contributed by atoms with Crippen LogP contribution in [0.15, 0.2) is 12.1 Å². The number of aliphatic hydroxyl groups is 1. The molecule has 18 heavy (non-hydrogen) atoms. The standard InChI is InChI=1S/C12H17F3N2O/c1-7(2-3-18)17-11(6-16)8-4-9(13)12(15)10(14)5-8/h4-5,7,11,17-18H,2-3,6,16H2,1H3. The lowest BCUT2D eigenvalue weighted by Gasteiger charge is -2.22. The van der Waals surface area contributed by atoms with Crippen molar-refractivity contribution in [1.82, 2.24) is 5.32 Å². The largest absolute Gasteiger partial charge is 0.396 e. The van der Waals surface area contributed by atoms with E-state index in [1.54, 1.807) is 0 Å². The lowest BCUT2D eigenvalue weighted by Crippen LogP contribution is -2.35. The van der Waals surface area contributed by atoms with E-state index in [-0.39, 0.29) is 24.8 Å². The van der Waals surface area contributed by atoms with Crippen LogP contribution in [0.5, 0.6) is 0 Å². The molecule has 0 amide bonds. The number of rotatable bonds is 6. The third-order valence-corrected chi connectivity index (χ3v) is 2.69. The Morgan fingerprint density at radius 2 is 1.83 bits per heavy atom. The maximum Gasteiger partial charge on any atom is 0.194 e. The quantitative estimate of drug-likeness (QED) is 0.680. The van der Waals surface area contributed by atoms with E-state index in [1.807, 2.05) is 6.92 Å². The molecule has 0 saturated carbocycles. The number of nitrogens with two attached hydrogens (primary N) is 1. The molecule has 1 aromatic carbocycles. The van der Waals surface area contributed by atoms with Gasteiger partial charge < -0.3 is 16.2 Å². The molecule has 0 saturated heterocycles. The molecule has 0 aliphatic carbocycles. The van der Waals surface area contributed by atoms with E-state index in [0.29, 0.717) is 6.42 Å². The number of halogens is 3. The van der Waals surface area contributed by atoms with Gasteiger partial charge in [-0.15, -0.1) is 0 Å². The smallest absolute Gasteiger partial charge is 0.194 e. The van der Waals surface area contributed by atoms with Gasteiger partial charge in [0.15, 0.2) is 17.5 Å². The van der Waals surface area contributed by atoms with E-state index < -0.39 is 23.5 Å². The van der Waals surface area contributed by atoms with E-state index in [1.165, 1.54) is 0 Å². The predicted octanol–water partition coefficient (Wildman–Crippen LogP) is 1.46. The van der Waals surface area contributed by atoms with Gasteiger partial charge in [0.2, 0.25) is 0 Å². The Hall–Kier alpha value is -1.11. The lowest BCUT2D eigenvalue weighted by atomic mass is 10.0. The number of nitrogens with one attached hydrogen (secondary N) is 1. The molecule has 0 aliphatic rings. The zero-order valence-electron chi connectivity index (χ0n) is 10.1. The van der Waals surface area contributed by atoms with Crippen LogP contribution >= 0.6 is 0 Å². The maximum absolute atomic E-state index is 13.1.